The Balaban J connectivity index is 1.57. The number of rotatable bonds is 6. The molecule has 0 aliphatic rings. The molecule has 6 nitrogen and oxygen atoms in total. The Kier molecular flexibility index (Phi) is 5.30. The molecular formula is C19H21N5O. The van der Waals surface area contributed by atoms with Crippen molar-refractivity contribution in [1.82, 2.24) is 25.2 Å². The lowest BCUT2D eigenvalue weighted by atomic mass is 10.2. The smallest absolute Gasteiger partial charge is 0.234 e. The van der Waals surface area contributed by atoms with Gasteiger partial charge in [-0.05, 0) is 31.7 Å². The van der Waals surface area contributed by atoms with E-state index < -0.39 is 0 Å². The molecule has 0 aliphatic heterocycles. The van der Waals surface area contributed by atoms with Gasteiger partial charge in [0.05, 0.1) is 18.6 Å². The number of hydrogen-bond donors (Lipinski definition) is 1. The first-order valence-electron chi connectivity index (χ1n) is 8.18. The van der Waals surface area contributed by atoms with Crippen LogP contribution < -0.4 is 5.32 Å². The first-order chi connectivity index (χ1) is 12.1. The van der Waals surface area contributed by atoms with Crippen LogP contribution in [0.4, 0.5) is 0 Å². The summed E-state index contributed by atoms with van der Waals surface area (Å²) in [5.41, 5.74) is 2.86. The van der Waals surface area contributed by atoms with Gasteiger partial charge in [0, 0.05) is 30.0 Å². The molecule has 25 heavy (non-hydrogen) atoms. The number of aryl methyl sites for hydroxylation is 1. The Morgan fingerprint density at radius 1 is 1.16 bits per heavy atom. The second-order valence-corrected chi connectivity index (χ2v) is 6.05. The van der Waals surface area contributed by atoms with E-state index in [1.54, 1.807) is 12.4 Å². The second-order valence-electron chi connectivity index (χ2n) is 6.05. The average Bonchev–Trinajstić information content (AvgIpc) is 2.61. The first-order valence-corrected chi connectivity index (χ1v) is 8.18. The number of aromatic nitrogens is 3. The number of benzene rings is 1. The lowest BCUT2D eigenvalue weighted by Gasteiger charge is -2.16. The summed E-state index contributed by atoms with van der Waals surface area (Å²) < 4.78 is 0. The quantitative estimate of drug-likeness (QED) is 0.747. The highest BCUT2D eigenvalue weighted by molar-refractivity contribution is 5.80. The Hall–Kier alpha value is -2.86. The zero-order valence-electron chi connectivity index (χ0n) is 14.4. The molecule has 3 aromatic rings. The van der Waals surface area contributed by atoms with E-state index in [1.165, 1.54) is 0 Å². The third-order valence-electron chi connectivity index (χ3n) is 3.88. The maximum absolute atomic E-state index is 12.1. The molecule has 1 N–H and O–H groups in total. The van der Waals surface area contributed by atoms with E-state index in [0.29, 0.717) is 13.1 Å². The summed E-state index contributed by atoms with van der Waals surface area (Å²) in [4.78, 5) is 27.2. The van der Waals surface area contributed by atoms with Crippen LogP contribution in [0.25, 0.3) is 10.9 Å². The molecule has 1 amide bonds. The second kappa shape index (κ2) is 7.81. The number of nitrogens with one attached hydrogen (secondary N) is 1. The molecule has 0 bridgehead atoms. The minimum Gasteiger partial charge on any atom is -0.351 e. The minimum atomic E-state index is -0.0381. The van der Waals surface area contributed by atoms with Crippen LogP contribution in [0.3, 0.4) is 0 Å². The van der Waals surface area contributed by atoms with Gasteiger partial charge in [-0.25, -0.2) is 9.97 Å². The summed E-state index contributed by atoms with van der Waals surface area (Å²) in [5, 5.41) is 3.95. The third kappa shape index (κ3) is 4.58. The van der Waals surface area contributed by atoms with Gasteiger partial charge in [0.25, 0.3) is 0 Å². The summed E-state index contributed by atoms with van der Waals surface area (Å²) >= 11 is 0. The topological polar surface area (TPSA) is 71.0 Å². The maximum atomic E-state index is 12.1. The van der Waals surface area contributed by atoms with Crippen molar-refractivity contribution in [3.05, 3.63) is 65.9 Å². The molecule has 6 heteroatoms. The van der Waals surface area contributed by atoms with Crippen molar-refractivity contribution in [1.29, 1.82) is 0 Å². The molecule has 0 aliphatic carbocycles. The van der Waals surface area contributed by atoms with Crippen molar-refractivity contribution >= 4 is 16.8 Å². The summed E-state index contributed by atoms with van der Waals surface area (Å²) in [5.74, 6) is 0.683. The van der Waals surface area contributed by atoms with E-state index in [0.717, 1.165) is 28.0 Å². The lowest BCUT2D eigenvalue weighted by Crippen LogP contribution is -2.34. The van der Waals surface area contributed by atoms with Crippen LogP contribution in [-0.2, 0) is 17.9 Å². The van der Waals surface area contributed by atoms with Gasteiger partial charge in [0.2, 0.25) is 5.91 Å². The zero-order valence-corrected chi connectivity index (χ0v) is 14.4. The van der Waals surface area contributed by atoms with Gasteiger partial charge in [0.1, 0.15) is 5.82 Å². The molecule has 2 aromatic heterocycles. The van der Waals surface area contributed by atoms with Crippen molar-refractivity contribution in [2.75, 3.05) is 13.6 Å². The van der Waals surface area contributed by atoms with Gasteiger partial charge in [-0.15, -0.1) is 0 Å². The number of para-hydroxylation sites is 1. The van der Waals surface area contributed by atoms with Crippen molar-refractivity contribution < 1.29 is 4.79 Å². The Bertz CT molecular complexity index is 866. The number of amides is 1. The summed E-state index contributed by atoms with van der Waals surface area (Å²) in [6.45, 7) is 3.27. The average molecular weight is 335 g/mol. The number of nitrogens with zero attached hydrogens (tertiary/aromatic N) is 4. The van der Waals surface area contributed by atoms with Crippen LogP contribution in [-0.4, -0.2) is 39.4 Å². The molecule has 1 aromatic carbocycles. The number of carbonyl (C=O) groups is 1. The maximum Gasteiger partial charge on any atom is 0.234 e. The van der Waals surface area contributed by atoms with Gasteiger partial charge in [-0.3, -0.25) is 14.7 Å². The number of carbonyl (C=O) groups excluding carboxylic acids is 1. The minimum absolute atomic E-state index is 0.0381. The Morgan fingerprint density at radius 3 is 2.80 bits per heavy atom. The molecule has 2 heterocycles. The van der Waals surface area contributed by atoms with Gasteiger partial charge in [-0.2, -0.15) is 0 Å². The van der Waals surface area contributed by atoms with Crippen LogP contribution >= 0.6 is 0 Å². The fourth-order valence-corrected chi connectivity index (χ4v) is 2.67. The number of pyridine rings is 1. The Morgan fingerprint density at radius 2 is 2.00 bits per heavy atom. The fourth-order valence-electron chi connectivity index (χ4n) is 2.67. The predicted molar refractivity (Wildman–Crippen MR) is 96.7 cm³/mol. The van der Waals surface area contributed by atoms with Gasteiger partial charge in [-0.1, -0.05) is 24.3 Å². The van der Waals surface area contributed by atoms with Crippen molar-refractivity contribution in [2.24, 2.45) is 0 Å². The van der Waals surface area contributed by atoms with Gasteiger partial charge >= 0.3 is 0 Å². The van der Waals surface area contributed by atoms with Crippen LogP contribution in [0, 0.1) is 6.92 Å². The van der Waals surface area contributed by atoms with E-state index in [1.807, 2.05) is 55.3 Å². The largest absolute Gasteiger partial charge is 0.351 e. The highest BCUT2D eigenvalue weighted by Crippen LogP contribution is 2.15. The number of likely N-dealkylation sites (N-methyl/N-ethyl adjacent to an activating group) is 1. The summed E-state index contributed by atoms with van der Waals surface area (Å²) in [6.07, 6.45) is 3.46. The van der Waals surface area contributed by atoms with E-state index >= 15 is 0 Å². The van der Waals surface area contributed by atoms with E-state index in [9.17, 15) is 4.79 Å². The molecular weight excluding hydrogens is 314 g/mol. The Labute approximate surface area is 146 Å². The first kappa shape index (κ1) is 17.0. The molecule has 0 fully saturated rings. The number of fused-ring (bicyclic) bond motifs is 1. The van der Waals surface area contributed by atoms with E-state index in [2.05, 4.69) is 20.3 Å². The lowest BCUT2D eigenvalue weighted by molar-refractivity contribution is -0.122. The van der Waals surface area contributed by atoms with E-state index in [-0.39, 0.29) is 12.5 Å². The van der Waals surface area contributed by atoms with E-state index in [4.69, 9.17) is 0 Å². The third-order valence-corrected chi connectivity index (χ3v) is 3.88. The highest BCUT2D eigenvalue weighted by Gasteiger charge is 2.10. The van der Waals surface area contributed by atoms with Crippen molar-refractivity contribution in [2.45, 2.75) is 20.0 Å². The normalized spacial score (nSPS) is 11.0. The SMILES string of the molecule is Cc1nc(CN(C)CC(=O)NCc2cccnc2)nc2ccccc12. The van der Waals surface area contributed by atoms with Crippen molar-refractivity contribution in [3.8, 4) is 0 Å². The molecule has 128 valence electrons. The molecule has 0 saturated heterocycles. The summed E-state index contributed by atoms with van der Waals surface area (Å²) in [6, 6.07) is 11.7. The molecule has 0 atom stereocenters. The fraction of sp³-hybridized carbons (Fsp3) is 0.263. The zero-order chi connectivity index (χ0) is 17.6. The monoisotopic (exact) mass is 335 g/mol. The predicted octanol–water partition coefficient (Wildman–Crippen LogP) is 2.08. The van der Waals surface area contributed by atoms with Crippen LogP contribution in [0.2, 0.25) is 0 Å². The van der Waals surface area contributed by atoms with Crippen LogP contribution in [0.5, 0.6) is 0 Å². The molecule has 0 unspecified atom stereocenters. The standard InChI is InChI=1S/C19H21N5O/c1-14-16-7-3-4-8-17(16)23-18(22-14)12-24(2)13-19(25)21-11-15-6-5-9-20-10-15/h3-10H,11-13H2,1-2H3,(H,21,25). The number of hydrogen-bond acceptors (Lipinski definition) is 5. The van der Waals surface area contributed by atoms with Crippen LogP contribution in [0.15, 0.2) is 48.8 Å². The van der Waals surface area contributed by atoms with Crippen LogP contribution in [0.1, 0.15) is 17.1 Å². The van der Waals surface area contributed by atoms with Gasteiger partial charge in [0.15, 0.2) is 0 Å². The molecule has 0 spiro atoms. The molecule has 0 radical (unpaired) electrons. The van der Waals surface area contributed by atoms with Gasteiger partial charge < -0.3 is 5.32 Å². The molecule has 3 rings (SSSR count). The van der Waals surface area contributed by atoms with Crippen molar-refractivity contribution in [3.63, 3.8) is 0 Å². The molecule has 0 saturated carbocycles. The highest BCUT2D eigenvalue weighted by atomic mass is 16.2. The summed E-state index contributed by atoms with van der Waals surface area (Å²) in [7, 11) is 1.89.